The van der Waals surface area contributed by atoms with Gasteiger partial charge in [-0.15, -0.1) is 5.10 Å². The third kappa shape index (κ3) is 3.55. The molecule has 0 N–H and O–H groups in total. The van der Waals surface area contributed by atoms with E-state index in [1.54, 1.807) is 31.3 Å². The molecule has 0 aliphatic carbocycles. The molecule has 0 radical (unpaired) electrons. The number of hydrogen-bond acceptors (Lipinski definition) is 7. The van der Waals surface area contributed by atoms with E-state index < -0.39 is 11.6 Å². The zero-order valence-corrected chi connectivity index (χ0v) is 17.0. The number of ether oxygens (including phenoxy) is 1. The smallest absolute Gasteiger partial charge is 0.362 e. The molecule has 4 rings (SSSR count). The fraction of sp³-hybridized carbons (Fsp3) is 0.182. The van der Waals surface area contributed by atoms with Crippen molar-refractivity contribution < 1.29 is 13.9 Å². The van der Waals surface area contributed by atoms with Crippen LogP contribution in [0.1, 0.15) is 12.5 Å². The SMILES string of the molecule is CC(=O)Oc1ccc2cc(-n3cc(-c4ccc(N(C)C)cc4)nn3)c(=O)oc2c1C. The summed E-state index contributed by atoms with van der Waals surface area (Å²) < 4.78 is 12.1. The van der Waals surface area contributed by atoms with Crippen LogP contribution in [-0.4, -0.2) is 35.1 Å². The Balaban J connectivity index is 1.72. The van der Waals surface area contributed by atoms with Gasteiger partial charge in [-0.3, -0.25) is 4.79 Å². The lowest BCUT2D eigenvalue weighted by atomic mass is 10.1. The molecule has 2 aromatic carbocycles. The van der Waals surface area contributed by atoms with Gasteiger partial charge in [-0.25, -0.2) is 9.48 Å². The number of aromatic nitrogens is 3. The van der Waals surface area contributed by atoms with Crippen molar-refractivity contribution in [1.82, 2.24) is 15.0 Å². The molecule has 0 bridgehead atoms. The molecule has 8 heteroatoms. The normalized spacial score (nSPS) is 10.9. The van der Waals surface area contributed by atoms with Crippen molar-refractivity contribution in [2.45, 2.75) is 13.8 Å². The molecule has 0 amide bonds. The summed E-state index contributed by atoms with van der Waals surface area (Å²) >= 11 is 0. The summed E-state index contributed by atoms with van der Waals surface area (Å²) in [6.07, 6.45) is 1.68. The lowest BCUT2D eigenvalue weighted by Crippen LogP contribution is -2.11. The predicted molar refractivity (Wildman–Crippen MR) is 113 cm³/mol. The lowest BCUT2D eigenvalue weighted by molar-refractivity contribution is -0.131. The first-order chi connectivity index (χ1) is 14.3. The van der Waals surface area contributed by atoms with E-state index in [4.69, 9.17) is 9.15 Å². The van der Waals surface area contributed by atoms with Gasteiger partial charge >= 0.3 is 11.6 Å². The molecule has 2 aromatic heterocycles. The molecular formula is C22H20N4O4. The van der Waals surface area contributed by atoms with Crippen LogP contribution in [0.2, 0.25) is 0 Å². The third-order valence-corrected chi connectivity index (χ3v) is 4.76. The maximum absolute atomic E-state index is 12.6. The maximum atomic E-state index is 12.6. The van der Waals surface area contributed by atoms with Crippen molar-refractivity contribution in [3.05, 3.63) is 64.6 Å². The quantitative estimate of drug-likeness (QED) is 0.293. The first-order valence-corrected chi connectivity index (χ1v) is 9.30. The Labute approximate surface area is 172 Å². The van der Waals surface area contributed by atoms with Gasteiger partial charge in [0.15, 0.2) is 5.69 Å². The minimum atomic E-state index is -0.565. The van der Waals surface area contributed by atoms with E-state index in [-0.39, 0.29) is 5.69 Å². The number of aryl methyl sites for hydroxylation is 1. The summed E-state index contributed by atoms with van der Waals surface area (Å²) in [6, 6.07) is 13.0. The second-order valence-corrected chi connectivity index (χ2v) is 7.11. The van der Waals surface area contributed by atoms with Crippen molar-refractivity contribution in [2.75, 3.05) is 19.0 Å². The molecule has 0 aliphatic heterocycles. The van der Waals surface area contributed by atoms with Crippen LogP contribution in [0.4, 0.5) is 5.69 Å². The molecule has 2 heterocycles. The van der Waals surface area contributed by atoms with E-state index in [1.807, 2.05) is 43.3 Å². The van der Waals surface area contributed by atoms with Gasteiger partial charge in [0.1, 0.15) is 17.0 Å². The number of benzene rings is 2. The molecule has 152 valence electrons. The largest absolute Gasteiger partial charge is 0.426 e. The molecule has 0 aliphatic rings. The van der Waals surface area contributed by atoms with Crippen molar-refractivity contribution >= 4 is 22.6 Å². The summed E-state index contributed by atoms with van der Waals surface area (Å²) in [7, 11) is 3.95. The Morgan fingerprint density at radius 1 is 1.13 bits per heavy atom. The predicted octanol–water partition coefficient (Wildman–Crippen LogP) is 3.34. The second kappa shape index (κ2) is 7.47. The zero-order chi connectivity index (χ0) is 21.4. The number of carbonyl (C=O) groups is 1. The van der Waals surface area contributed by atoms with E-state index in [2.05, 4.69) is 10.3 Å². The molecule has 0 fully saturated rings. The molecule has 0 spiro atoms. The van der Waals surface area contributed by atoms with Crippen molar-refractivity contribution in [1.29, 1.82) is 0 Å². The van der Waals surface area contributed by atoms with Crippen LogP contribution >= 0.6 is 0 Å². The standard InChI is InChI=1S/C22H20N4O4/c1-13-20(29-14(2)27)10-7-16-11-19(22(28)30-21(13)16)26-12-18(23-24-26)15-5-8-17(9-6-15)25(3)4/h5-12H,1-4H3. The summed E-state index contributed by atoms with van der Waals surface area (Å²) in [6.45, 7) is 3.05. The first-order valence-electron chi connectivity index (χ1n) is 9.30. The Morgan fingerprint density at radius 3 is 2.53 bits per heavy atom. The van der Waals surface area contributed by atoms with Gasteiger partial charge in [-0.1, -0.05) is 17.3 Å². The molecule has 30 heavy (non-hydrogen) atoms. The van der Waals surface area contributed by atoms with Gasteiger partial charge in [0, 0.05) is 43.2 Å². The molecule has 4 aromatic rings. The summed E-state index contributed by atoms with van der Waals surface area (Å²) in [5, 5.41) is 8.96. The average molecular weight is 404 g/mol. The molecule has 0 saturated heterocycles. The number of carbonyl (C=O) groups excluding carboxylic acids is 1. The van der Waals surface area contributed by atoms with Crippen LogP contribution in [0, 0.1) is 6.92 Å². The second-order valence-electron chi connectivity index (χ2n) is 7.11. The van der Waals surface area contributed by atoms with Crippen LogP contribution in [-0.2, 0) is 4.79 Å². The summed E-state index contributed by atoms with van der Waals surface area (Å²) in [5.74, 6) is -0.0831. The fourth-order valence-electron chi connectivity index (χ4n) is 3.16. The minimum absolute atomic E-state index is 0.241. The third-order valence-electron chi connectivity index (χ3n) is 4.76. The number of hydrogen-bond donors (Lipinski definition) is 0. The average Bonchev–Trinajstić information content (AvgIpc) is 3.20. The Hall–Kier alpha value is -3.94. The zero-order valence-electron chi connectivity index (χ0n) is 17.0. The van der Waals surface area contributed by atoms with Gasteiger partial charge in [0.25, 0.3) is 0 Å². The molecule has 0 unspecified atom stereocenters. The fourth-order valence-corrected chi connectivity index (χ4v) is 3.16. The Bertz CT molecular complexity index is 1300. The van der Waals surface area contributed by atoms with E-state index in [0.717, 1.165) is 11.3 Å². The van der Waals surface area contributed by atoms with E-state index in [0.29, 0.717) is 28.0 Å². The lowest BCUT2D eigenvalue weighted by Gasteiger charge is -2.11. The van der Waals surface area contributed by atoms with Gasteiger partial charge in [0.2, 0.25) is 0 Å². The van der Waals surface area contributed by atoms with Crippen molar-refractivity contribution in [2.24, 2.45) is 0 Å². The topological polar surface area (TPSA) is 90.5 Å². The highest BCUT2D eigenvalue weighted by Gasteiger charge is 2.15. The molecule has 0 saturated carbocycles. The van der Waals surface area contributed by atoms with E-state index >= 15 is 0 Å². The minimum Gasteiger partial charge on any atom is -0.426 e. The number of esters is 1. The van der Waals surface area contributed by atoms with Crippen molar-refractivity contribution in [3.63, 3.8) is 0 Å². The van der Waals surface area contributed by atoms with Crippen LogP contribution in [0.3, 0.4) is 0 Å². The summed E-state index contributed by atoms with van der Waals surface area (Å²) in [4.78, 5) is 25.9. The maximum Gasteiger partial charge on any atom is 0.362 e. The van der Waals surface area contributed by atoms with Gasteiger partial charge < -0.3 is 14.1 Å². The highest BCUT2D eigenvalue weighted by Crippen LogP contribution is 2.28. The molecular weight excluding hydrogens is 384 g/mol. The van der Waals surface area contributed by atoms with Crippen LogP contribution in [0.25, 0.3) is 27.9 Å². The Kier molecular flexibility index (Phi) is 4.83. The molecule has 8 nitrogen and oxygen atoms in total. The van der Waals surface area contributed by atoms with Crippen LogP contribution in [0.5, 0.6) is 5.75 Å². The van der Waals surface area contributed by atoms with Gasteiger partial charge in [-0.05, 0) is 37.3 Å². The summed E-state index contributed by atoms with van der Waals surface area (Å²) in [5.41, 5.74) is 3.22. The van der Waals surface area contributed by atoms with Crippen molar-refractivity contribution in [3.8, 4) is 22.7 Å². The van der Waals surface area contributed by atoms with Gasteiger partial charge in [-0.2, -0.15) is 0 Å². The number of fused-ring (bicyclic) bond motifs is 1. The number of rotatable bonds is 4. The monoisotopic (exact) mass is 404 g/mol. The van der Waals surface area contributed by atoms with Crippen LogP contribution < -0.4 is 15.3 Å². The molecule has 0 atom stereocenters. The number of nitrogens with zero attached hydrogens (tertiary/aromatic N) is 4. The van der Waals surface area contributed by atoms with Gasteiger partial charge in [0.05, 0.1) is 6.20 Å². The van der Waals surface area contributed by atoms with E-state index in [9.17, 15) is 9.59 Å². The Morgan fingerprint density at radius 2 is 1.87 bits per heavy atom. The highest BCUT2D eigenvalue weighted by molar-refractivity contribution is 5.84. The first kappa shape index (κ1) is 19.4. The van der Waals surface area contributed by atoms with E-state index in [1.165, 1.54) is 11.6 Å². The highest BCUT2D eigenvalue weighted by atomic mass is 16.5. The van der Waals surface area contributed by atoms with Crippen LogP contribution in [0.15, 0.2) is 57.9 Å². The number of anilines is 1.